The maximum absolute atomic E-state index is 12.1. The number of nitrogens with zero attached hydrogens (tertiary/aromatic N) is 2. The molecule has 0 fully saturated rings. The number of rotatable bonds is 9. The summed E-state index contributed by atoms with van der Waals surface area (Å²) in [5, 5.41) is 7.01. The molecule has 3 rings (SSSR count). The van der Waals surface area contributed by atoms with E-state index in [-0.39, 0.29) is 18.4 Å². The number of amides is 1. The summed E-state index contributed by atoms with van der Waals surface area (Å²) in [6, 6.07) is 7.86. The van der Waals surface area contributed by atoms with Gasteiger partial charge in [-0.25, -0.2) is 0 Å². The lowest BCUT2D eigenvalue weighted by Crippen LogP contribution is -2.30. The van der Waals surface area contributed by atoms with E-state index in [1.54, 1.807) is 0 Å². The zero-order valence-corrected chi connectivity index (χ0v) is 16.5. The van der Waals surface area contributed by atoms with Crippen molar-refractivity contribution in [1.29, 1.82) is 0 Å². The van der Waals surface area contributed by atoms with Gasteiger partial charge in [-0.2, -0.15) is 0 Å². The molecule has 1 amide bonds. The van der Waals surface area contributed by atoms with E-state index in [0.29, 0.717) is 18.0 Å². The van der Waals surface area contributed by atoms with Crippen LogP contribution >= 0.6 is 0 Å². The second kappa shape index (κ2) is 9.04. The second-order valence-electron chi connectivity index (χ2n) is 7.04. The lowest BCUT2D eigenvalue weighted by Gasteiger charge is -2.17. The molecule has 0 saturated heterocycles. The summed E-state index contributed by atoms with van der Waals surface area (Å²) in [6.45, 7) is 10.1. The normalized spacial score (nSPS) is 15.6. The summed E-state index contributed by atoms with van der Waals surface area (Å²) < 4.78 is 11.2. The number of aromatic nitrogens is 1. The van der Waals surface area contributed by atoms with E-state index in [1.807, 2.05) is 18.2 Å². The van der Waals surface area contributed by atoms with Crippen molar-refractivity contribution in [1.82, 2.24) is 15.4 Å². The minimum absolute atomic E-state index is 0.0226. The Hall–Kier alpha value is -2.34. The number of ether oxygens (including phenoxy) is 1. The summed E-state index contributed by atoms with van der Waals surface area (Å²) in [7, 11) is 0. The molecule has 2 aromatic rings. The van der Waals surface area contributed by atoms with E-state index in [0.717, 1.165) is 43.8 Å². The van der Waals surface area contributed by atoms with E-state index in [4.69, 9.17) is 9.26 Å². The van der Waals surface area contributed by atoms with Crippen LogP contribution in [0.2, 0.25) is 0 Å². The van der Waals surface area contributed by atoms with Crippen LogP contribution in [0.4, 0.5) is 0 Å². The predicted octanol–water partition coefficient (Wildman–Crippen LogP) is 3.06. The van der Waals surface area contributed by atoms with Gasteiger partial charge in [-0.3, -0.25) is 4.79 Å². The fourth-order valence-corrected chi connectivity index (χ4v) is 3.40. The molecule has 27 heavy (non-hydrogen) atoms. The van der Waals surface area contributed by atoms with Crippen LogP contribution in [0.5, 0.6) is 5.75 Å². The van der Waals surface area contributed by atoms with Crippen molar-refractivity contribution < 1.29 is 14.1 Å². The molecule has 0 radical (unpaired) electrons. The van der Waals surface area contributed by atoms with Gasteiger partial charge in [-0.1, -0.05) is 19.0 Å². The SMILES string of the molecule is CCN(CC)CCCNC(=O)Cc1cc(-c2ccc3c(c2)CC(C)O3)on1. The Kier molecular flexibility index (Phi) is 6.50. The van der Waals surface area contributed by atoms with Crippen LogP contribution in [0.25, 0.3) is 11.3 Å². The minimum atomic E-state index is -0.0226. The van der Waals surface area contributed by atoms with Gasteiger partial charge in [0.1, 0.15) is 11.9 Å². The van der Waals surface area contributed by atoms with Crippen molar-refractivity contribution >= 4 is 5.91 Å². The largest absolute Gasteiger partial charge is 0.490 e. The Balaban J connectivity index is 1.49. The summed E-state index contributed by atoms with van der Waals surface area (Å²) in [5.74, 6) is 1.60. The Labute approximate surface area is 160 Å². The van der Waals surface area contributed by atoms with Crippen LogP contribution in [-0.2, 0) is 17.6 Å². The smallest absolute Gasteiger partial charge is 0.226 e. The van der Waals surface area contributed by atoms with E-state index in [9.17, 15) is 4.79 Å². The third kappa shape index (κ3) is 5.10. The Morgan fingerprint density at radius 1 is 1.30 bits per heavy atom. The molecular formula is C21H29N3O3. The Morgan fingerprint density at radius 3 is 2.89 bits per heavy atom. The van der Waals surface area contributed by atoms with Gasteiger partial charge in [0, 0.05) is 24.6 Å². The Morgan fingerprint density at radius 2 is 2.11 bits per heavy atom. The Bertz CT molecular complexity index is 768. The molecule has 146 valence electrons. The number of hydrogen-bond acceptors (Lipinski definition) is 5. The number of benzene rings is 1. The quantitative estimate of drug-likeness (QED) is 0.686. The molecule has 0 bridgehead atoms. The van der Waals surface area contributed by atoms with Gasteiger partial charge in [0.15, 0.2) is 5.76 Å². The third-order valence-corrected chi connectivity index (χ3v) is 4.95. The first-order valence-electron chi connectivity index (χ1n) is 9.83. The van der Waals surface area contributed by atoms with Crippen LogP contribution in [0.15, 0.2) is 28.8 Å². The van der Waals surface area contributed by atoms with Crippen molar-refractivity contribution in [3.8, 4) is 17.1 Å². The van der Waals surface area contributed by atoms with E-state index >= 15 is 0 Å². The molecule has 2 heterocycles. The fourth-order valence-electron chi connectivity index (χ4n) is 3.40. The molecule has 6 heteroatoms. The van der Waals surface area contributed by atoms with Crippen molar-refractivity contribution in [3.05, 3.63) is 35.5 Å². The van der Waals surface area contributed by atoms with Crippen molar-refractivity contribution in [3.63, 3.8) is 0 Å². The van der Waals surface area contributed by atoms with E-state index in [1.165, 1.54) is 5.56 Å². The molecule has 0 saturated carbocycles. The molecule has 1 aromatic carbocycles. The number of nitrogens with one attached hydrogen (secondary N) is 1. The standard InChI is InChI=1S/C21H29N3O3/c1-4-24(5-2)10-6-9-22-21(25)14-18-13-20(27-23-18)16-7-8-19-17(12-16)11-15(3)26-19/h7-8,12-13,15H,4-6,9-11,14H2,1-3H3,(H,22,25). The maximum Gasteiger partial charge on any atom is 0.226 e. The zero-order chi connectivity index (χ0) is 19.2. The van der Waals surface area contributed by atoms with Crippen LogP contribution in [0.1, 0.15) is 38.4 Å². The lowest BCUT2D eigenvalue weighted by atomic mass is 10.1. The first kappa shape index (κ1) is 19.4. The van der Waals surface area contributed by atoms with Crippen molar-refractivity contribution in [2.75, 3.05) is 26.2 Å². The van der Waals surface area contributed by atoms with Gasteiger partial charge in [0.05, 0.1) is 12.1 Å². The second-order valence-corrected chi connectivity index (χ2v) is 7.04. The number of fused-ring (bicyclic) bond motifs is 1. The number of carbonyl (C=O) groups excluding carboxylic acids is 1. The molecule has 1 aliphatic rings. The molecule has 6 nitrogen and oxygen atoms in total. The average molecular weight is 371 g/mol. The molecule has 1 aliphatic heterocycles. The maximum atomic E-state index is 12.1. The van der Waals surface area contributed by atoms with Crippen molar-refractivity contribution in [2.45, 2.75) is 46.1 Å². The van der Waals surface area contributed by atoms with Crippen LogP contribution in [0.3, 0.4) is 0 Å². The van der Waals surface area contributed by atoms with Gasteiger partial charge in [0.2, 0.25) is 5.91 Å². The van der Waals surface area contributed by atoms with Gasteiger partial charge in [-0.15, -0.1) is 0 Å². The fraction of sp³-hybridized carbons (Fsp3) is 0.524. The number of hydrogen-bond donors (Lipinski definition) is 1. The first-order valence-corrected chi connectivity index (χ1v) is 9.83. The molecule has 1 aromatic heterocycles. The highest BCUT2D eigenvalue weighted by Gasteiger charge is 2.20. The third-order valence-electron chi connectivity index (χ3n) is 4.95. The van der Waals surface area contributed by atoms with Gasteiger partial charge < -0.3 is 19.5 Å². The number of carbonyl (C=O) groups is 1. The summed E-state index contributed by atoms with van der Waals surface area (Å²) in [6.07, 6.45) is 2.30. The summed E-state index contributed by atoms with van der Waals surface area (Å²) in [5.41, 5.74) is 2.80. The molecular weight excluding hydrogens is 342 g/mol. The van der Waals surface area contributed by atoms with Gasteiger partial charge in [-0.05, 0) is 56.7 Å². The molecule has 0 aliphatic carbocycles. The lowest BCUT2D eigenvalue weighted by molar-refractivity contribution is -0.120. The molecule has 1 N–H and O–H groups in total. The zero-order valence-electron chi connectivity index (χ0n) is 16.5. The molecule has 0 spiro atoms. The van der Waals surface area contributed by atoms with Crippen molar-refractivity contribution in [2.24, 2.45) is 0 Å². The van der Waals surface area contributed by atoms with E-state index < -0.39 is 0 Å². The van der Waals surface area contributed by atoms with Crippen LogP contribution < -0.4 is 10.1 Å². The summed E-state index contributed by atoms with van der Waals surface area (Å²) >= 11 is 0. The van der Waals surface area contributed by atoms with Gasteiger partial charge >= 0.3 is 0 Å². The van der Waals surface area contributed by atoms with Crippen LogP contribution in [-0.4, -0.2) is 48.2 Å². The first-order chi connectivity index (χ1) is 13.1. The van der Waals surface area contributed by atoms with Crippen LogP contribution in [0, 0.1) is 0 Å². The highest BCUT2D eigenvalue weighted by atomic mass is 16.5. The highest BCUT2D eigenvalue weighted by molar-refractivity contribution is 5.78. The van der Waals surface area contributed by atoms with E-state index in [2.05, 4.69) is 42.2 Å². The van der Waals surface area contributed by atoms with Gasteiger partial charge in [0.25, 0.3) is 0 Å². The molecule has 1 atom stereocenters. The summed E-state index contributed by atoms with van der Waals surface area (Å²) in [4.78, 5) is 14.5. The predicted molar refractivity (Wildman–Crippen MR) is 105 cm³/mol. The average Bonchev–Trinajstić information content (AvgIpc) is 3.26. The molecule has 1 unspecified atom stereocenters. The topological polar surface area (TPSA) is 67.6 Å². The minimum Gasteiger partial charge on any atom is -0.490 e. The monoisotopic (exact) mass is 371 g/mol. The highest BCUT2D eigenvalue weighted by Crippen LogP contribution is 2.33.